The van der Waals surface area contributed by atoms with E-state index in [4.69, 9.17) is 10.2 Å². The maximum absolute atomic E-state index is 12.7. The molecule has 11 heteroatoms. The number of benzene rings is 1. The second kappa shape index (κ2) is 10.5. The molecule has 1 atom stereocenters. The van der Waals surface area contributed by atoms with Gasteiger partial charge in [-0.2, -0.15) is 0 Å². The van der Waals surface area contributed by atoms with Crippen LogP contribution in [0.2, 0.25) is 0 Å². The molecule has 0 saturated carbocycles. The first-order valence-corrected chi connectivity index (χ1v) is 11.7. The Kier molecular flexibility index (Phi) is 7.21. The molecule has 1 aliphatic heterocycles. The van der Waals surface area contributed by atoms with E-state index in [-0.39, 0.29) is 41.9 Å². The van der Waals surface area contributed by atoms with Crippen molar-refractivity contribution in [2.24, 2.45) is 5.92 Å². The number of piperidine rings is 1. The van der Waals surface area contributed by atoms with Crippen molar-refractivity contribution in [3.05, 3.63) is 52.2 Å². The number of nitrogens with one attached hydrogen (secondary N) is 1. The number of amides is 2. The van der Waals surface area contributed by atoms with Crippen LogP contribution in [0.15, 0.2) is 40.3 Å². The molecule has 0 spiro atoms. The standard InChI is InChI=1S/C23H25N5O5S/c1-32-20(29)9-14-4-6-15(7-5-14)17-13-34-19(27-17)11-25-21(30)16-3-2-8-28(12-16)22(31)18-10-26-23(24)33-18/h4-7,10,13,16H,2-3,8-9,11-12H2,1H3,(H2,24,26)(H,25,30)/t16-/m0/s1. The summed E-state index contributed by atoms with van der Waals surface area (Å²) in [4.78, 5) is 46.7. The zero-order valence-corrected chi connectivity index (χ0v) is 19.5. The average Bonchev–Trinajstić information content (AvgIpc) is 3.52. The van der Waals surface area contributed by atoms with Crippen molar-refractivity contribution < 1.29 is 23.5 Å². The molecule has 0 bridgehead atoms. The number of methoxy groups -OCH3 is 1. The van der Waals surface area contributed by atoms with Crippen LogP contribution < -0.4 is 11.1 Å². The Balaban J connectivity index is 1.30. The summed E-state index contributed by atoms with van der Waals surface area (Å²) in [7, 11) is 1.37. The first kappa shape index (κ1) is 23.4. The molecule has 4 rings (SSSR count). The van der Waals surface area contributed by atoms with Crippen LogP contribution in [0.1, 0.15) is 34.0 Å². The Labute approximate surface area is 200 Å². The summed E-state index contributed by atoms with van der Waals surface area (Å²) in [5.41, 5.74) is 8.05. The first-order chi connectivity index (χ1) is 16.4. The number of nitrogens with two attached hydrogens (primary N) is 1. The fraction of sp³-hybridized carbons (Fsp3) is 0.348. The topological polar surface area (TPSA) is 141 Å². The number of esters is 1. The van der Waals surface area contributed by atoms with E-state index in [2.05, 4.69) is 20.0 Å². The van der Waals surface area contributed by atoms with Gasteiger partial charge in [-0.15, -0.1) is 11.3 Å². The lowest BCUT2D eigenvalue weighted by atomic mass is 9.97. The zero-order valence-electron chi connectivity index (χ0n) is 18.7. The molecule has 3 N–H and O–H groups in total. The molecule has 0 unspecified atom stereocenters. The number of ether oxygens (including phenoxy) is 1. The van der Waals surface area contributed by atoms with E-state index in [9.17, 15) is 14.4 Å². The molecule has 0 radical (unpaired) electrons. The summed E-state index contributed by atoms with van der Waals surface area (Å²) in [6.07, 6.45) is 2.95. The molecular formula is C23H25N5O5S. The number of rotatable bonds is 7. The summed E-state index contributed by atoms with van der Waals surface area (Å²) < 4.78 is 9.80. The molecule has 1 fully saturated rings. The second-order valence-corrected chi connectivity index (χ2v) is 8.89. The number of anilines is 1. The maximum Gasteiger partial charge on any atom is 0.309 e. The van der Waals surface area contributed by atoms with Crippen molar-refractivity contribution in [2.45, 2.75) is 25.8 Å². The van der Waals surface area contributed by atoms with E-state index >= 15 is 0 Å². The number of carbonyl (C=O) groups excluding carboxylic acids is 3. The Morgan fingerprint density at radius 3 is 2.79 bits per heavy atom. The number of hydrogen-bond acceptors (Lipinski definition) is 9. The molecule has 2 amide bonds. The van der Waals surface area contributed by atoms with E-state index < -0.39 is 0 Å². The largest absolute Gasteiger partial charge is 0.469 e. The van der Waals surface area contributed by atoms with Gasteiger partial charge in [-0.05, 0) is 18.4 Å². The highest BCUT2D eigenvalue weighted by atomic mass is 32.1. The van der Waals surface area contributed by atoms with Gasteiger partial charge in [0.25, 0.3) is 11.9 Å². The first-order valence-electron chi connectivity index (χ1n) is 10.8. The maximum atomic E-state index is 12.7. The predicted octanol–water partition coefficient (Wildman–Crippen LogP) is 2.26. The van der Waals surface area contributed by atoms with Gasteiger partial charge in [0.2, 0.25) is 11.7 Å². The van der Waals surface area contributed by atoms with E-state index in [0.717, 1.165) is 28.2 Å². The number of nitrogens with zero attached hydrogens (tertiary/aromatic N) is 3. The Bertz CT molecular complexity index is 1170. The van der Waals surface area contributed by atoms with Gasteiger partial charge in [0, 0.05) is 24.0 Å². The lowest BCUT2D eigenvalue weighted by molar-refractivity contribution is -0.139. The molecule has 34 heavy (non-hydrogen) atoms. The van der Waals surface area contributed by atoms with Crippen molar-refractivity contribution in [3.8, 4) is 11.3 Å². The third-order valence-corrected chi connectivity index (χ3v) is 6.45. The number of hydrogen-bond donors (Lipinski definition) is 2. The quantitative estimate of drug-likeness (QED) is 0.488. The summed E-state index contributed by atoms with van der Waals surface area (Å²) in [5.74, 6) is -0.943. The van der Waals surface area contributed by atoms with E-state index in [1.807, 2.05) is 29.6 Å². The van der Waals surface area contributed by atoms with Gasteiger partial charge in [0.15, 0.2) is 0 Å². The second-order valence-electron chi connectivity index (χ2n) is 7.95. The zero-order chi connectivity index (χ0) is 24.1. The summed E-state index contributed by atoms with van der Waals surface area (Å²) in [6, 6.07) is 7.50. The van der Waals surface area contributed by atoms with Gasteiger partial charge in [0.1, 0.15) is 5.01 Å². The van der Waals surface area contributed by atoms with Crippen molar-refractivity contribution in [1.82, 2.24) is 20.2 Å². The van der Waals surface area contributed by atoms with Gasteiger partial charge in [-0.25, -0.2) is 9.97 Å². The van der Waals surface area contributed by atoms with Crippen LogP contribution in [-0.2, 0) is 27.3 Å². The Morgan fingerprint density at radius 1 is 1.29 bits per heavy atom. The smallest absolute Gasteiger partial charge is 0.309 e. The molecule has 1 aliphatic rings. The number of carbonyl (C=O) groups is 3. The van der Waals surface area contributed by atoms with E-state index in [0.29, 0.717) is 26.1 Å². The minimum atomic E-state index is -0.316. The normalized spacial score (nSPS) is 15.7. The molecule has 178 valence electrons. The average molecular weight is 484 g/mol. The third-order valence-electron chi connectivity index (χ3n) is 5.61. The summed E-state index contributed by atoms with van der Waals surface area (Å²) >= 11 is 1.46. The van der Waals surface area contributed by atoms with Crippen LogP contribution in [0, 0.1) is 5.92 Å². The number of nitrogen functional groups attached to an aromatic ring is 1. The van der Waals surface area contributed by atoms with Crippen molar-refractivity contribution in [1.29, 1.82) is 0 Å². The molecule has 3 aromatic rings. The van der Waals surface area contributed by atoms with Crippen LogP contribution in [0.4, 0.5) is 6.01 Å². The predicted molar refractivity (Wildman–Crippen MR) is 125 cm³/mol. The highest BCUT2D eigenvalue weighted by Crippen LogP contribution is 2.23. The lowest BCUT2D eigenvalue weighted by Crippen LogP contribution is -2.45. The number of thiazole rings is 1. The van der Waals surface area contributed by atoms with Crippen molar-refractivity contribution in [2.75, 3.05) is 25.9 Å². The van der Waals surface area contributed by atoms with E-state index in [1.165, 1.54) is 24.6 Å². The lowest BCUT2D eigenvalue weighted by Gasteiger charge is -2.31. The van der Waals surface area contributed by atoms with Crippen LogP contribution in [-0.4, -0.2) is 52.9 Å². The number of oxazole rings is 1. The highest BCUT2D eigenvalue weighted by molar-refractivity contribution is 7.09. The Hall–Kier alpha value is -3.73. The van der Waals surface area contributed by atoms with Gasteiger partial charge in [0.05, 0.1) is 37.9 Å². The summed E-state index contributed by atoms with van der Waals surface area (Å²) in [5, 5.41) is 5.65. The fourth-order valence-corrected chi connectivity index (χ4v) is 4.52. The van der Waals surface area contributed by atoms with Gasteiger partial charge in [-0.3, -0.25) is 14.4 Å². The van der Waals surface area contributed by atoms with Crippen LogP contribution >= 0.6 is 11.3 Å². The summed E-state index contributed by atoms with van der Waals surface area (Å²) in [6.45, 7) is 1.18. The molecule has 0 aliphatic carbocycles. The molecule has 10 nitrogen and oxygen atoms in total. The van der Waals surface area contributed by atoms with Crippen molar-refractivity contribution in [3.63, 3.8) is 0 Å². The SMILES string of the molecule is COC(=O)Cc1ccc(-c2csc(CNC(=O)[C@H]3CCCN(C(=O)c4cnc(N)o4)C3)n2)cc1. The van der Waals surface area contributed by atoms with Crippen molar-refractivity contribution >= 4 is 35.1 Å². The molecule has 3 heterocycles. The fourth-order valence-electron chi connectivity index (χ4n) is 3.78. The minimum absolute atomic E-state index is 0.0605. The van der Waals surface area contributed by atoms with Gasteiger partial charge < -0.3 is 25.1 Å². The molecular weight excluding hydrogens is 458 g/mol. The molecule has 1 aromatic carbocycles. The monoisotopic (exact) mass is 483 g/mol. The third kappa shape index (κ3) is 5.60. The molecule has 2 aromatic heterocycles. The van der Waals surface area contributed by atoms with Gasteiger partial charge in [-0.1, -0.05) is 24.3 Å². The van der Waals surface area contributed by atoms with Crippen LogP contribution in [0.25, 0.3) is 11.3 Å². The Morgan fingerprint density at radius 2 is 2.09 bits per heavy atom. The van der Waals surface area contributed by atoms with E-state index in [1.54, 1.807) is 4.90 Å². The number of likely N-dealkylation sites (tertiary alicyclic amines) is 1. The molecule has 1 saturated heterocycles. The number of aromatic nitrogens is 2. The van der Waals surface area contributed by atoms with Gasteiger partial charge >= 0.3 is 5.97 Å². The minimum Gasteiger partial charge on any atom is -0.469 e. The highest BCUT2D eigenvalue weighted by Gasteiger charge is 2.30. The van der Waals surface area contributed by atoms with Crippen LogP contribution in [0.5, 0.6) is 0 Å². The van der Waals surface area contributed by atoms with Crippen LogP contribution in [0.3, 0.4) is 0 Å².